The molecule has 3 aromatic rings. The Hall–Kier alpha value is -3.05. The first-order valence-electron chi connectivity index (χ1n) is 14.3. The number of alkyl halides is 3. The quantitative estimate of drug-likeness (QED) is 0.253. The highest BCUT2D eigenvalue weighted by molar-refractivity contribution is 7.79. The van der Waals surface area contributed by atoms with E-state index < -0.39 is 23.7 Å². The van der Waals surface area contributed by atoms with E-state index in [2.05, 4.69) is 48.2 Å². The van der Waals surface area contributed by atoms with Crippen molar-refractivity contribution in [3.8, 4) is 5.69 Å². The minimum Gasteiger partial charge on any atom is -0.320 e. The molecule has 3 heterocycles. The van der Waals surface area contributed by atoms with Crippen LogP contribution in [0.3, 0.4) is 0 Å². The maximum atomic E-state index is 13.7. The van der Waals surface area contributed by atoms with Crippen LogP contribution in [0.15, 0.2) is 59.8 Å². The average molecular weight is 603 g/mol. The molecule has 0 spiro atoms. The van der Waals surface area contributed by atoms with Crippen molar-refractivity contribution in [2.45, 2.75) is 64.0 Å². The van der Waals surface area contributed by atoms with E-state index in [1.54, 1.807) is 24.7 Å². The van der Waals surface area contributed by atoms with Gasteiger partial charge in [0.1, 0.15) is 12.2 Å². The van der Waals surface area contributed by atoms with Gasteiger partial charge in [-0.3, -0.25) is 14.0 Å². The molecule has 228 valence electrons. The van der Waals surface area contributed by atoms with Crippen LogP contribution in [-0.2, 0) is 18.9 Å². The van der Waals surface area contributed by atoms with Gasteiger partial charge in [-0.15, -0.1) is 10.2 Å². The molecule has 0 amide bonds. The third-order valence-corrected chi connectivity index (χ3v) is 8.17. The molecule has 5 rings (SSSR count). The van der Waals surface area contributed by atoms with Crippen LogP contribution >= 0.6 is 12.6 Å². The van der Waals surface area contributed by atoms with Crippen LogP contribution in [0.25, 0.3) is 11.9 Å². The largest absolute Gasteiger partial charge is 0.394 e. The number of hydrogen-bond acceptors (Lipinski definition) is 5. The van der Waals surface area contributed by atoms with Crippen molar-refractivity contribution in [1.29, 1.82) is 0 Å². The number of nitrogens with zero attached hydrogens (tertiary/aromatic N) is 6. The zero-order valence-corrected chi connectivity index (χ0v) is 25.8. The van der Waals surface area contributed by atoms with Crippen LogP contribution in [0.2, 0.25) is 0 Å². The lowest BCUT2D eigenvalue weighted by molar-refractivity contribution is -0.128. The highest BCUT2D eigenvalue weighted by Crippen LogP contribution is 2.58. The molecule has 0 radical (unpaired) electrons. The van der Waals surface area contributed by atoms with E-state index in [9.17, 15) is 18.0 Å². The molecule has 11 heteroatoms. The van der Waals surface area contributed by atoms with E-state index in [4.69, 9.17) is 0 Å². The van der Waals surface area contributed by atoms with Crippen molar-refractivity contribution >= 4 is 18.8 Å². The molecule has 0 N–H and O–H groups in total. The SMILES string of the molecule is C=C/C(=C\n1c(CC(F)(F)F)cn(-c2cccc(C3(c4nncn4C)CC(C)(C)C3)c2)c1=O)CN1CCCCC1.CS. The van der Waals surface area contributed by atoms with Gasteiger partial charge in [0.2, 0.25) is 0 Å². The summed E-state index contributed by atoms with van der Waals surface area (Å²) in [5, 5.41) is 8.51. The Bertz CT molecular complexity index is 1470. The van der Waals surface area contributed by atoms with Crippen molar-refractivity contribution in [1.82, 2.24) is 28.8 Å². The summed E-state index contributed by atoms with van der Waals surface area (Å²) in [6, 6.07) is 7.51. The minimum absolute atomic E-state index is 0.0994. The number of piperidine rings is 1. The number of rotatable bonds is 8. The molecular formula is C31H41F3N6OS. The molecule has 1 aliphatic heterocycles. The molecule has 0 bridgehead atoms. The molecule has 2 aromatic heterocycles. The summed E-state index contributed by atoms with van der Waals surface area (Å²) in [6.45, 7) is 10.7. The molecular weight excluding hydrogens is 561 g/mol. The fourth-order valence-corrected chi connectivity index (χ4v) is 6.61. The standard InChI is InChI=1S/C30H37F3N6O.CH4S/c1-5-22(16-37-12-7-6-8-13-37)17-38-25(15-30(31,32)33)18-39(27(38)40)24-11-9-10-23(14-24)29(19-28(2,3)20-29)26-35-34-21-36(26)4;1-2/h5,9-11,14,17-18,21H,1,6-8,12-13,15-16,19-20H2,2-4H3;2H,1H3/b22-17+;. The van der Waals surface area contributed by atoms with Gasteiger partial charge in [-0.05, 0) is 73.7 Å². The van der Waals surface area contributed by atoms with Gasteiger partial charge in [-0.1, -0.05) is 45.1 Å². The fraction of sp³-hybridized carbons (Fsp3) is 0.516. The van der Waals surface area contributed by atoms with Crippen molar-refractivity contribution < 1.29 is 13.2 Å². The van der Waals surface area contributed by atoms with E-state index in [0.29, 0.717) is 17.8 Å². The van der Waals surface area contributed by atoms with Gasteiger partial charge in [-0.25, -0.2) is 4.79 Å². The van der Waals surface area contributed by atoms with E-state index in [0.717, 1.165) is 54.7 Å². The first kappa shape index (κ1) is 31.9. The second-order valence-corrected chi connectivity index (χ2v) is 12.1. The summed E-state index contributed by atoms with van der Waals surface area (Å²) >= 11 is 3.53. The Morgan fingerprint density at radius 1 is 1.14 bits per heavy atom. The third kappa shape index (κ3) is 6.78. The van der Waals surface area contributed by atoms with E-state index in [-0.39, 0.29) is 11.1 Å². The molecule has 0 unspecified atom stereocenters. The van der Waals surface area contributed by atoms with Crippen LogP contribution in [0.5, 0.6) is 0 Å². The Kier molecular flexibility index (Phi) is 9.62. The summed E-state index contributed by atoms with van der Waals surface area (Å²) in [5.74, 6) is 0.836. The molecule has 2 fully saturated rings. The van der Waals surface area contributed by atoms with Gasteiger partial charge in [0.15, 0.2) is 0 Å². The normalized spacial score (nSPS) is 18.6. The predicted molar refractivity (Wildman–Crippen MR) is 164 cm³/mol. The molecule has 0 atom stereocenters. The van der Waals surface area contributed by atoms with E-state index >= 15 is 0 Å². The zero-order chi connectivity index (χ0) is 30.7. The van der Waals surface area contributed by atoms with E-state index in [1.807, 2.05) is 29.8 Å². The van der Waals surface area contributed by atoms with Crippen LogP contribution in [0, 0.1) is 5.41 Å². The van der Waals surface area contributed by atoms with Crippen LogP contribution in [0.1, 0.15) is 63.0 Å². The Morgan fingerprint density at radius 3 is 2.40 bits per heavy atom. The van der Waals surface area contributed by atoms with Gasteiger partial charge in [0.05, 0.1) is 23.2 Å². The summed E-state index contributed by atoms with van der Waals surface area (Å²) in [7, 11) is 1.91. The Labute approximate surface area is 251 Å². The summed E-state index contributed by atoms with van der Waals surface area (Å²) in [5.41, 5.74) is 1.23. The lowest BCUT2D eigenvalue weighted by Crippen LogP contribution is -2.49. The summed E-state index contributed by atoms with van der Waals surface area (Å²) < 4.78 is 45.2. The van der Waals surface area contributed by atoms with Crippen LogP contribution in [-0.4, -0.2) is 60.9 Å². The Balaban J connectivity index is 0.00000198. The summed E-state index contributed by atoms with van der Waals surface area (Å²) in [6.07, 6.45) is 7.17. The van der Waals surface area contributed by atoms with Gasteiger partial charge in [0.25, 0.3) is 0 Å². The number of aryl methyl sites for hydroxylation is 1. The lowest BCUT2D eigenvalue weighted by atomic mass is 9.51. The van der Waals surface area contributed by atoms with Crippen molar-refractivity contribution in [2.24, 2.45) is 12.5 Å². The molecule has 1 aliphatic carbocycles. The molecule has 1 saturated carbocycles. The minimum atomic E-state index is -4.47. The average Bonchev–Trinajstić information content (AvgIpc) is 3.50. The van der Waals surface area contributed by atoms with Crippen molar-refractivity contribution in [3.05, 3.63) is 82.6 Å². The van der Waals surface area contributed by atoms with Crippen molar-refractivity contribution in [2.75, 3.05) is 25.9 Å². The molecule has 2 aliphatic rings. The van der Waals surface area contributed by atoms with Crippen LogP contribution in [0.4, 0.5) is 13.2 Å². The Morgan fingerprint density at radius 2 is 1.83 bits per heavy atom. The topological polar surface area (TPSA) is 60.9 Å². The van der Waals surface area contributed by atoms with E-state index in [1.165, 1.54) is 23.4 Å². The first-order chi connectivity index (χ1) is 19.9. The number of imidazole rings is 1. The van der Waals surface area contributed by atoms with Gasteiger partial charge in [-0.2, -0.15) is 25.8 Å². The molecule has 7 nitrogen and oxygen atoms in total. The highest BCUT2D eigenvalue weighted by atomic mass is 32.1. The number of halogens is 3. The lowest BCUT2D eigenvalue weighted by Gasteiger charge is -2.52. The molecule has 1 aromatic carbocycles. The zero-order valence-electron chi connectivity index (χ0n) is 24.9. The number of likely N-dealkylation sites (tertiary alicyclic amines) is 1. The number of aromatic nitrogens is 5. The summed E-state index contributed by atoms with van der Waals surface area (Å²) in [4.78, 5) is 15.9. The first-order valence-corrected chi connectivity index (χ1v) is 15.2. The highest BCUT2D eigenvalue weighted by Gasteiger charge is 2.54. The molecule has 42 heavy (non-hydrogen) atoms. The van der Waals surface area contributed by atoms with Crippen molar-refractivity contribution in [3.63, 3.8) is 0 Å². The maximum absolute atomic E-state index is 13.7. The second kappa shape index (κ2) is 12.7. The van der Waals surface area contributed by atoms with Gasteiger partial charge >= 0.3 is 11.9 Å². The molecule has 1 saturated heterocycles. The second-order valence-electron chi connectivity index (χ2n) is 12.1. The van der Waals surface area contributed by atoms with Gasteiger partial charge < -0.3 is 4.57 Å². The van der Waals surface area contributed by atoms with Crippen LogP contribution < -0.4 is 5.69 Å². The maximum Gasteiger partial charge on any atom is 0.394 e. The number of thiol groups is 1. The monoisotopic (exact) mass is 602 g/mol. The smallest absolute Gasteiger partial charge is 0.320 e. The predicted octanol–water partition coefficient (Wildman–Crippen LogP) is 6.04. The number of benzene rings is 1. The third-order valence-electron chi connectivity index (χ3n) is 8.17. The number of hydrogen-bond donors (Lipinski definition) is 1. The fourth-order valence-electron chi connectivity index (χ4n) is 6.61. The van der Waals surface area contributed by atoms with Gasteiger partial charge in [0, 0.05) is 26.0 Å².